The van der Waals surface area contributed by atoms with Gasteiger partial charge in [0.1, 0.15) is 11.7 Å². The predicted octanol–water partition coefficient (Wildman–Crippen LogP) is 2.41. The van der Waals surface area contributed by atoms with E-state index in [1.165, 1.54) is 12.1 Å². The molecule has 21 heavy (non-hydrogen) atoms. The Morgan fingerprint density at radius 3 is 2.38 bits per heavy atom. The van der Waals surface area contributed by atoms with Crippen molar-refractivity contribution in [3.05, 3.63) is 38.4 Å². The van der Waals surface area contributed by atoms with Crippen LogP contribution in [0.15, 0.2) is 18.2 Å². The Morgan fingerprint density at radius 1 is 1.33 bits per heavy atom. The number of rotatable bonds is 7. The van der Waals surface area contributed by atoms with Gasteiger partial charge in [0.15, 0.2) is 0 Å². The lowest BCUT2D eigenvalue weighted by Crippen LogP contribution is -2.35. The molecule has 0 saturated carbocycles. The van der Waals surface area contributed by atoms with E-state index < -0.39 is 33.2 Å². The molecule has 1 rings (SSSR count). The number of nitro benzene ring substituents is 2. The smallest absolute Gasteiger partial charge is 0.368 e. The average molecular weight is 297 g/mol. The minimum atomic E-state index is -1.18. The van der Waals surface area contributed by atoms with E-state index in [0.717, 1.165) is 6.07 Å². The molecule has 9 heteroatoms. The van der Waals surface area contributed by atoms with Gasteiger partial charge >= 0.3 is 17.3 Å². The van der Waals surface area contributed by atoms with Crippen molar-refractivity contribution in [2.75, 3.05) is 5.32 Å². The summed E-state index contributed by atoms with van der Waals surface area (Å²) in [6.07, 6.45) is 0.534. The normalized spacial score (nSPS) is 13.2. The molecule has 0 saturated heterocycles. The molecule has 0 aromatic heterocycles. The van der Waals surface area contributed by atoms with E-state index in [1.807, 2.05) is 0 Å². The fraction of sp³-hybridized carbons (Fsp3) is 0.417. The molecule has 0 spiro atoms. The van der Waals surface area contributed by atoms with Crippen LogP contribution in [-0.2, 0) is 4.79 Å². The van der Waals surface area contributed by atoms with Crippen LogP contribution in [0, 0.1) is 26.1 Å². The molecular formula is C12H15N3O6. The largest absolute Gasteiger partial charge is 0.480 e. The summed E-state index contributed by atoms with van der Waals surface area (Å²) in [4.78, 5) is 31.4. The number of aliphatic carboxylic acids is 1. The first kappa shape index (κ1) is 16.3. The Morgan fingerprint density at radius 2 is 1.95 bits per heavy atom. The lowest BCUT2D eigenvalue weighted by Gasteiger charge is -2.20. The Hall–Kier alpha value is -2.71. The standard InChI is InChI=1S/C12H15N3O6/c1-3-7(2)10(12(16)17)13-8-5-4-6-9(14(18)19)11(8)15(20)21/h4-7,10,13H,3H2,1-2H3,(H,16,17). The summed E-state index contributed by atoms with van der Waals surface area (Å²) in [5, 5.41) is 33.6. The average Bonchev–Trinajstić information content (AvgIpc) is 2.42. The van der Waals surface area contributed by atoms with E-state index >= 15 is 0 Å². The molecule has 0 amide bonds. The van der Waals surface area contributed by atoms with Crippen molar-refractivity contribution in [1.29, 1.82) is 0 Å². The highest BCUT2D eigenvalue weighted by Crippen LogP contribution is 2.35. The van der Waals surface area contributed by atoms with Crippen molar-refractivity contribution in [2.45, 2.75) is 26.3 Å². The molecule has 0 bridgehead atoms. The van der Waals surface area contributed by atoms with Gasteiger partial charge in [-0.3, -0.25) is 20.2 Å². The summed E-state index contributed by atoms with van der Waals surface area (Å²) >= 11 is 0. The SMILES string of the molecule is CCC(C)C(Nc1cccc([N+](=O)[O-])c1[N+](=O)[O-])C(=O)O. The maximum absolute atomic E-state index is 11.2. The van der Waals surface area contributed by atoms with E-state index in [1.54, 1.807) is 13.8 Å². The minimum absolute atomic E-state index is 0.179. The number of hydrogen-bond donors (Lipinski definition) is 2. The number of carbonyl (C=O) groups is 1. The maximum Gasteiger partial charge on any atom is 0.368 e. The van der Waals surface area contributed by atoms with Gasteiger partial charge in [0.2, 0.25) is 0 Å². The van der Waals surface area contributed by atoms with Crippen molar-refractivity contribution >= 4 is 23.0 Å². The third-order valence-corrected chi connectivity index (χ3v) is 3.18. The van der Waals surface area contributed by atoms with Crippen LogP contribution in [-0.4, -0.2) is 27.0 Å². The second-order valence-electron chi connectivity index (χ2n) is 4.53. The summed E-state index contributed by atoms with van der Waals surface area (Å²) in [6, 6.07) is 2.45. The van der Waals surface area contributed by atoms with Crippen molar-refractivity contribution in [1.82, 2.24) is 0 Å². The van der Waals surface area contributed by atoms with E-state index in [2.05, 4.69) is 5.32 Å². The van der Waals surface area contributed by atoms with Crippen LogP contribution in [0.2, 0.25) is 0 Å². The Balaban J connectivity index is 3.30. The molecule has 2 atom stereocenters. The minimum Gasteiger partial charge on any atom is -0.480 e. The fourth-order valence-electron chi connectivity index (χ4n) is 1.84. The van der Waals surface area contributed by atoms with Crippen LogP contribution in [0.4, 0.5) is 17.1 Å². The van der Waals surface area contributed by atoms with Gasteiger partial charge in [-0.05, 0) is 12.0 Å². The van der Waals surface area contributed by atoms with Crippen LogP contribution >= 0.6 is 0 Å². The Labute approximate surface area is 119 Å². The molecule has 0 aliphatic rings. The maximum atomic E-state index is 11.2. The quantitative estimate of drug-likeness (QED) is 0.582. The first-order chi connectivity index (χ1) is 9.79. The molecule has 0 aliphatic carbocycles. The molecule has 2 N–H and O–H groups in total. The molecule has 1 aromatic carbocycles. The molecular weight excluding hydrogens is 282 g/mol. The molecule has 0 aliphatic heterocycles. The van der Waals surface area contributed by atoms with E-state index in [-0.39, 0.29) is 11.6 Å². The van der Waals surface area contributed by atoms with Crippen molar-refractivity contribution < 1.29 is 19.7 Å². The van der Waals surface area contributed by atoms with Crippen LogP contribution in [0.5, 0.6) is 0 Å². The highest BCUT2D eigenvalue weighted by Gasteiger charge is 2.32. The number of carboxylic acid groups (broad SMARTS) is 1. The second-order valence-corrected chi connectivity index (χ2v) is 4.53. The highest BCUT2D eigenvalue weighted by molar-refractivity contribution is 5.81. The van der Waals surface area contributed by atoms with Gasteiger partial charge in [-0.2, -0.15) is 0 Å². The van der Waals surface area contributed by atoms with Gasteiger partial charge in [-0.1, -0.05) is 26.3 Å². The number of para-hydroxylation sites is 1. The summed E-state index contributed by atoms with van der Waals surface area (Å²) in [5.74, 6) is -1.48. The molecule has 9 nitrogen and oxygen atoms in total. The number of nitro groups is 2. The molecule has 1 aromatic rings. The number of carboxylic acids is 1. The lowest BCUT2D eigenvalue weighted by atomic mass is 9.99. The third-order valence-electron chi connectivity index (χ3n) is 3.18. The zero-order chi connectivity index (χ0) is 16.2. The number of benzene rings is 1. The molecule has 2 unspecified atom stereocenters. The van der Waals surface area contributed by atoms with Crippen molar-refractivity contribution in [2.24, 2.45) is 5.92 Å². The van der Waals surface area contributed by atoms with Gasteiger partial charge in [0.25, 0.3) is 0 Å². The van der Waals surface area contributed by atoms with Gasteiger partial charge < -0.3 is 10.4 Å². The second kappa shape index (κ2) is 6.64. The fourth-order valence-corrected chi connectivity index (χ4v) is 1.84. The molecule has 114 valence electrons. The first-order valence-corrected chi connectivity index (χ1v) is 6.20. The van der Waals surface area contributed by atoms with Gasteiger partial charge in [0, 0.05) is 6.07 Å². The zero-order valence-corrected chi connectivity index (χ0v) is 11.5. The van der Waals surface area contributed by atoms with E-state index in [9.17, 15) is 30.1 Å². The van der Waals surface area contributed by atoms with Gasteiger partial charge in [0.05, 0.1) is 9.85 Å². The van der Waals surface area contributed by atoms with E-state index in [0.29, 0.717) is 6.42 Å². The van der Waals surface area contributed by atoms with Crippen molar-refractivity contribution in [3.63, 3.8) is 0 Å². The van der Waals surface area contributed by atoms with Crippen LogP contribution in [0.3, 0.4) is 0 Å². The first-order valence-electron chi connectivity index (χ1n) is 6.20. The molecule has 0 fully saturated rings. The van der Waals surface area contributed by atoms with Crippen molar-refractivity contribution in [3.8, 4) is 0 Å². The molecule has 0 radical (unpaired) electrons. The summed E-state index contributed by atoms with van der Waals surface area (Å²) in [6.45, 7) is 3.46. The monoisotopic (exact) mass is 297 g/mol. The topological polar surface area (TPSA) is 136 Å². The highest BCUT2D eigenvalue weighted by atomic mass is 16.6. The van der Waals surface area contributed by atoms with Crippen LogP contribution in [0.1, 0.15) is 20.3 Å². The van der Waals surface area contributed by atoms with Crippen LogP contribution in [0.25, 0.3) is 0 Å². The number of nitrogens with one attached hydrogen (secondary N) is 1. The van der Waals surface area contributed by atoms with Gasteiger partial charge in [-0.15, -0.1) is 0 Å². The van der Waals surface area contributed by atoms with E-state index in [4.69, 9.17) is 0 Å². The Bertz CT molecular complexity index is 574. The third kappa shape index (κ3) is 3.65. The predicted molar refractivity (Wildman–Crippen MR) is 74.3 cm³/mol. The lowest BCUT2D eigenvalue weighted by molar-refractivity contribution is -0.421. The Kier molecular flexibility index (Phi) is 5.17. The summed E-state index contributed by atoms with van der Waals surface area (Å²) in [5.41, 5.74) is -1.60. The summed E-state index contributed by atoms with van der Waals surface area (Å²) in [7, 11) is 0. The number of hydrogen-bond acceptors (Lipinski definition) is 6. The van der Waals surface area contributed by atoms with Crippen LogP contribution < -0.4 is 5.32 Å². The summed E-state index contributed by atoms with van der Waals surface area (Å²) < 4.78 is 0. The number of anilines is 1. The van der Waals surface area contributed by atoms with Gasteiger partial charge in [-0.25, -0.2) is 4.79 Å². The zero-order valence-electron chi connectivity index (χ0n) is 11.5. The molecule has 0 heterocycles. The number of nitrogens with zero attached hydrogens (tertiary/aromatic N) is 2.